The third-order valence-electron chi connectivity index (χ3n) is 2.38. The second kappa shape index (κ2) is 5.16. The van der Waals surface area contributed by atoms with Gasteiger partial charge in [0.05, 0.1) is 10.7 Å². The smallest absolute Gasteiger partial charge is 0.356 e. The molecule has 1 heterocycles. The van der Waals surface area contributed by atoms with E-state index in [9.17, 15) is 4.79 Å². The van der Waals surface area contributed by atoms with Crippen LogP contribution >= 0.6 is 11.6 Å². The van der Waals surface area contributed by atoms with Gasteiger partial charge in [0.1, 0.15) is 5.75 Å². The molecule has 0 spiro atoms. The summed E-state index contributed by atoms with van der Waals surface area (Å²) in [5, 5.41) is 8.87. The van der Waals surface area contributed by atoms with Crippen molar-refractivity contribution in [1.82, 2.24) is 4.98 Å². The monoisotopic (exact) mass is 278 g/mol. The molecule has 1 aromatic heterocycles. The Hall–Kier alpha value is -2.27. The second-order valence-corrected chi connectivity index (χ2v) is 4.31. The molecule has 0 aliphatic rings. The molecular weight excluding hydrogens is 268 g/mol. The van der Waals surface area contributed by atoms with E-state index in [1.165, 1.54) is 6.07 Å². The summed E-state index contributed by atoms with van der Waals surface area (Å²) in [6.45, 7) is 1.92. The van der Waals surface area contributed by atoms with Gasteiger partial charge in [0.15, 0.2) is 5.69 Å². The number of ether oxygens (including phenoxy) is 1. The number of benzene rings is 1. The molecule has 0 bridgehead atoms. The second-order valence-electron chi connectivity index (χ2n) is 3.94. The maximum Gasteiger partial charge on any atom is 0.356 e. The van der Waals surface area contributed by atoms with Gasteiger partial charge in [-0.05, 0) is 24.6 Å². The normalized spacial score (nSPS) is 10.2. The van der Waals surface area contributed by atoms with Gasteiger partial charge in [-0.15, -0.1) is 0 Å². The Labute approximate surface area is 114 Å². The number of hydrogen-bond acceptors (Lipinski definition) is 4. The van der Waals surface area contributed by atoms with Crippen LogP contribution in [0.1, 0.15) is 16.1 Å². The summed E-state index contributed by atoms with van der Waals surface area (Å²) in [7, 11) is 0. The van der Waals surface area contributed by atoms with E-state index in [1.54, 1.807) is 12.1 Å². The Kier molecular flexibility index (Phi) is 3.57. The molecule has 5 nitrogen and oxygen atoms in total. The minimum atomic E-state index is -1.26. The van der Waals surface area contributed by atoms with Crippen LogP contribution < -0.4 is 10.5 Å². The zero-order valence-corrected chi connectivity index (χ0v) is 10.8. The van der Waals surface area contributed by atoms with Gasteiger partial charge < -0.3 is 15.6 Å². The number of nitrogen functional groups attached to an aromatic ring is 1. The number of aromatic nitrogens is 1. The van der Waals surface area contributed by atoms with Crippen molar-refractivity contribution in [1.29, 1.82) is 0 Å². The number of halogens is 1. The van der Waals surface area contributed by atoms with E-state index in [4.69, 9.17) is 27.2 Å². The average molecular weight is 279 g/mol. The van der Waals surface area contributed by atoms with Crippen molar-refractivity contribution in [3.8, 4) is 11.6 Å². The Morgan fingerprint density at radius 2 is 2.16 bits per heavy atom. The molecule has 6 heteroatoms. The number of carboxylic acids is 1. The predicted molar refractivity (Wildman–Crippen MR) is 71.9 cm³/mol. The van der Waals surface area contributed by atoms with Crippen molar-refractivity contribution < 1.29 is 14.6 Å². The van der Waals surface area contributed by atoms with Gasteiger partial charge in [0.2, 0.25) is 5.88 Å². The lowest BCUT2D eigenvalue weighted by atomic mass is 10.2. The number of aryl methyl sites for hydroxylation is 1. The fourth-order valence-electron chi connectivity index (χ4n) is 1.52. The third-order valence-corrected chi connectivity index (χ3v) is 2.77. The van der Waals surface area contributed by atoms with Gasteiger partial charge in [-0.25, -0.2) is 9.78 Å². The Morgan fingerprint density at radius 1 is 1.42 bits per heavy atom. The molecule has 0 aliphatic carbocycles. The number of nitrogens with two attached hydrogens (primary N) is 1. The Bertz CT molecular complexity index is 644. The molecule has 19 heavy (non-hydrogen) atoms. The summed E-state index contributed by atoms with van der Waals surface area (Å²) < 4.78 is 5.47. The Morgan fingerprint density at radius 3 is 2.79 bits per heavy atom. The highest BCUT2D eigenvalue weighted by Gasteiger charge is 2.16. The first kappa shape index (κ1) is 13.2. The van der Waals surface area contributed by atoms with E-state index >= 15 is 0 Å². The molecule has 0 aliphatic heterocycles. The molecule has 2 aromatic rings. The van der Waals surface area contributed by atoms with Crippen molar-refractivity contribution in [3.05, 3.63) is 46.6 Å². The van der Waals surface area contributed by atoms with Gasteiger partial charge in [-0.3, -0.25) is 0 Å². The van der Waals surface area contributed by atoms with Crippen LogP contribution in [0.4, 0.5) is 5.69 Å². The summed E-state index contributed by atoms with van der Waals surface area (Å²) >= 11 is 5.76. The van der Waals surface area contributed by atoms with Gasteiger partial charge in [0, 0.05) is 6.07 Å². The number of aromatic carboxylic acids is 1. The molecule has 0 saturated heterocycles. The average Bonchev–Trinajstić information content (AvgIpc) is 2.33. The molecule has 0 saturated carbocycles. The van der Waals surface area contributed by atoms with Crippen LogP contribution in [-0.2, 0) is 0 Å². The minimum Gasteiger partial charge on any atom is -0.476 e. The van der Waals surface area contributed by atoms with E-state index in [0.717, 1.165) is 5.56 Å². The van der Waals surface area contributed by atoms with E-state index in [2.05, 4.69) is 4.98 Å². The zero-order valence-electron chi connectivity index (χ0n) is 10.1. The van der Waals surface area contributed by atoms with Crippen molar-refractivity contribution in [2.75, 3.05) is 5.73 Å². The lowest BCUT2D eigenvalue weighted by Gasteiger charge is -2.08. The summed E-state index contributed by atoms with van der Waals surface area (Å²) in [6.07, 6.45) is 0. The van der Waals surface area contributed by atoms with Crippen LogP contribution in [0, 0.1) is 6.92 Å². The molecule has 1 aromatic carbocycles. The van der Waals surface area contributed by atoms with Crippen LogP contribution in [0.2, 0.25) is 5.02 Å². The van der Waals surface area contributed by atoms with E-state index in [-0.39, 0.29) is 22.3 Å². The minimum absolute atomic E-state index is 0.0879. The molecule has 0 atom stereocenters. The van der Waals surface area contributed by atoms with E-state index < -0.39 is 5.97 Å². The van der Waals surface area contributed by atoms with Crippen LogP contribution in [0.25, 0.3) is 0 Å². The zero-order chi connectivity index (χ0) is 14.0. The third kappa shape index (κ3) is 2.95. The van der Waals surface area contributed by atoms with Gasteiger partial charge in [-0.2, -0.15) is 0 Å². The summed E-state index contributed by atoms with van der Waals surface area (Å²) in [6, 6.07) is 8.66. The number of nitrogens with zero attached hydrogens (tertiary/aromatic N) is 1. The number of carboxylic acid groups (broad SMARTS) is 1. The first-order chi connectivity index (χ1) is 8.97. The van der Waals surface area contributed by atoms with Crippen LogP contribution in [0.15, 0.2) is 30.3 Å². The molecule has 3 N–H and O–H groups in total. The molecule has 2 rings (SSSR count). The van der Waals surface area contributed by atoms with Crippen molar-refractivity contribution in [2.24, 2.45) is 0 Å². The molecule has 0 radical (unpaired) electrons. The van der Waals surface area contributed by atoms with Gasteiger partial charge in [-0.1, -0.05) is 23.7 Å². The van der Waals surface area contributed by atoms with E-state index in [0.29, 0.717) is 5.75 Å². The number of pyridine rings is 1. The number of anilines is 1. The lowest BCUT2D eigenvalue weighted by molar-refractivity contribution is 0.0690. The highest BCUT2D eigenvalue weighted by molar-refractivity contribution is 6.35. The van der Waals surface area contributed by atoms with Crippen molar-refractivity contribution >= 4 is 23.3 Å². The van der Waals surface area contributed by atoms with Crippen molar-refractivity contribution in [3.63, 3.8) is 0 Å². The van der Waals surface area contributed by atoms with E-state index in [1.807, 2.05) is 19.1 Å². The lowest BCUT2D eigenvalue weighted by Crippen LogP contribution is -2.05. The Balaban J connectivity index is 2.38. The quantitative estimate of drug-likeness (QED) is 0.901. The summed E-state index contributed by atoms with van der Waals surface area (Å²) in [5.74, 6) is -0.623. The maximum atomic E-state index is 11.0. The fraction of sp³-hybridized carbons (Fsp3) is 0.0769. The molecule has 0 unspecified atom stereocenters. The molecular formula is C13H11ClN2O3. The first-order valence-electron chi connectivity index (χ1n) is 5.41. The van der Waals surface area contributed by atoms with Crippen molar-refractivity contribution in [2.45, 2.75) is 6.92 Å². The summed E-state index contributed by atoms with van der Waals surface area (Å²) in [5.41, 5.74) is 6.42. The topological polar surface area (TPSA) is 85.4 Å². The molecule has 0 amide bonds. The highest BCUT2D eigenvalue weighted by atomic mass is 35.5. The van der Waals surface area contributed by atoms with Crippen LogP contribution in [0.3, 0.4) is 0 Å². The fourth-order valence-corrected chi connectivity index (χ4v) is 1.70. The van der Waals surface area contributed by atoms with Gasteiger partial charge in [0.25, 0.3) is 0 Å². The maximum absolute atomic E-state index is 11.0. The molecule has 98 valence electrons. The largest absolute Gasteiger partial charge is 0.476 e. The summed E-state index contributed by atoms with van der Waals surface area (Å²) in [4.78, 5) is 14.8. The standard InChI is InChI=1S/C13H11ClN2O3/c1-7-3-2-4-8(5-7)19-10-6-9(15)11(14)12(16-10)13(17)18/h2-6H,1H3,(H2,15,16)(H,17,18). The number of rotatable bonds is 3. The molecule has 0 fully saturated rings. The van der Waals surface area contributed by atoms with Gasteiger partial charge >= 0.3 is 5.97 Å². The predicted octanol–water partition coefficient (Wildman–Crippen LogP) is 3.12. The number of hydrogen-bond donors (Lipinski definition) is 2. The van der Waals surface area contributed by atoms with Crippen LogP contribution in [0.5, 0.6) is 11.6 Å². The highest BCUT2D eigenvalue weighted by Crippen LogP contribution is 2.29. The number of carbonyl (C=O) groups is 1. The SMILES string of the molecule is Cc1cccc(Oc2cc(N)c(Cl)c(C(=O)O)n2)c1. The first-order valence-corrected chi connectivity index (χ1v) is 5.79. The van der Waals surface area contributed by atoms with Crippen LogP contribution in [-0.4, -0.2) is 16.1 Å².